The minimum absolute atomic E-state index is 0.0322. The van der Waals surface area contributed by atoms with Crippen LogP contribution in [0.25, 0.3) is 0 Å². The van der Waals surface area contributed by atoms with Crippen LogP contribution < -0.4 is 14.8 Å². The van der Waals surface area contributed by atoms with Crippen molar-refractivity contribution >= 4 is 17.6 Å². The second-order valence-corrected chi connectivity index (χ2v) is 4.38. The molecular weight excluding hydrogens is 274 g/mol. The van der Waals surface area contributed by atoms with Crippen LogP contribution in [0.2, 0.25) is 0 Å². The van der Waals surface area contributed by atoms with Crippen LogP contribution in [0, 0.1) is 0 Å². The standard InChI is InChI=1S/C15H11NO5/c17-14(9-4-2-1-3-5-9)16-11-7-13-12(20-8-21-13)6-10(11)15(18)19/h1-7H,8H2,(H,16,17)(H,18,19). The summed E-state index contributed by atoms with van der Waals surface area (Å²) in [5, 5.41) is 11.8. The maximum atomic E-state index is 12.1. The number of hydrogen-bond acceptors (Lipinski definition) is 4. The largest absolute Gasteiger partial charge is 0.478 e. The average Bonchev–Trinajstić information content (AvgIpc) is 2.94. The number of nitrogens with one attached hydrogen (secondary N) is 1. The van der Waals surface area contributed by atoms with Crippen molar-refractivity contribution in [2.75, 3.05) is 12.1 Å². The Morgan fingerprint density at radius 3 is 2.38 bits per heavy atom. The molecule has 0 radical (unpaired) electrons. The maximum Gasteiger partial charge on any atom is 0.337 e. The van der Waals surface area contributed by atoms with E-state index in [1.807, 2.05) is 0 Å². The first kappa shape index (κ1) is 13.0. The summed E-state index contributed by atoms with van der Waals surface area (Å²) in [4.78, 5) is 23.4. The van der Waals surface area contributed by atoms with Crippen molar-refractivity contribution in [2.45, 2.75) is 0 Å². The highest BCUT2D eigenvalue weighted by atomic mass is 16.7. The van der Waals surface area contributed by atoms with Crippen molar-refractivity contribution in [2.24, 2.45) is 0 Å². The molecule has 0 unspecified atom stereocenters. The molecule has 21 heavy (non-hydrogen) atoms. The number of carboxylic acids is 1. The second kappa shape index (κ2) is 5.16. The second-order valence-electron chi connectivity index (χ2n) is 4.38. The summed E-state index contributed by atoms with van der Waals surface area (Å²) in [5.74, 6) is -0.790. The van der Waals surface area contributed by atoms with Gasteiger partial charge in [-0.05, 0) is 12.1 Å². The lowest BCUT2D eigenvalue weighted by molar-refractivity contribution is 0.0697. The summed E-state index contributed by atoms with van der Waals surface area (Å²) in [5.41, 5.74) is 0.552. The molecule has 2 aromatic carbocycles. The normalized spacial score (nSPS) is 12.0. The number of amides is 1. The number of hydrogen-bond donors (Lipinski definition) is 2. The highest BCUT2D eigenvalue weighted by Crippen LogP contribution is 2.37. The fraction of sp³-hybridized carbons (Fsp3) is 0.0667. The molecule has 0 saturated carbocycles. The van der Waals surface area contributed by atoms with Crippen molar-refractivity contribution in [3.63, 3.8) is 0 Å². The van der Waals surface area contributed by atoms with Crippen LogP contribution in [0.4, 0.5) is 5.69 Å². The molecule has 0 atom stereocenters. The Hall–Kier alpha value is -3.02. The third-order valence-corrected chi connectivity index (χ3v) is 3.03. The molecule has 0 bridgehead atoms. The average molecular weight is 285 g/mol. The van der Waals surface area contributed by atoms with Crippen molar-refractivity contribution in [3.8, 4) is 11.5 Å². The Balaban J connectivity index is 1.95. The molecule has 1 amide bonds. The zero-order valence-electron chi connectivity index (χ0n) is 10.8. The third kappa shape index (κ3) is 2.51. The predicted molar refractivity (Wildman–Crippen MR) is 73.9 cm³/mol. The Morgan fingerprint density at radius 1 is 1.05 bits per heavy atom. The first-order chi connectivity index (χ1) is 10.1. The van der Waals surface area contributed by atoms with E-state index in [0.29, 0.717) is 17.1 Å². The van der Waals surface area contributed by atoms with Crippen molar-refractivity contribution in [3.05, 3.63) is 53.6 Å². The molecule has 2 aromatic rings. The molecule has 6 heteroatoms. The molecule has 0 spiro atoms. The van der Waals surface area contributed by atoms with Gasteiger partial charge in [-0.25, -0.2) is 4.79 Å². The van der Waals surface area contributed by atoms with Crippen molar-refractivity contribution < 1.29 is 24.2 Å². The number of benzene rings is 2. The molecule has 0 aliphatic carbocycles. The first-order valence-corrected chi connectivity index (χ1v) is 6.18. The molecule has 1 heterocycles. The number of anilines is 1. The summed E-state index contributed by atoms with van der Waals surface area (Å²) >= 11 is 0. The fourth-order valence-electron chi connectivity index (χ4n) is 2.01. The van der Waals surface area contributed by atoms with Gasteiger partial charge in [0.2, 0.25) is 6.79 Å². The Bertz CT molecular complexity index is 712. The van der Waals surface area contributed by atoms with Crippen LogP contribution >= 0.6 is 0 Å². The van der Waals surface area contributed by atoms with Crippen LogP contribution in [0.3, 0.4) is 0 Å². The van der Waals surface area contributed by atoms with Gasteiger partial charge in [0, 0.05) is 17.7 Å². The van der Waals surface area contributed by atoms with E-state index in [-0.39, 0.29) is 18.0 Å². The van der Waals surface area contributed by atoms with Crippen LogP contribution in [0.15, 0.2) is 42.5 Å². The number of carbonyl (C=O) groups excluding carboxylic acids is 1. The number of carbonyl (C=O) groups is 2. The molecule has 1 aliphatic rings. The molecular formula is C15H11NO5. The molecule has 3 rings (SSSR count). The zero-order valence-corrected chi connectivity index (χ0v) is 10.8. The van der Waals surface area contributed by atoms with E-state index in [0.717, 1.165) is 0 Å². The smallest absolute Gasteiger partial charge is 0.337 e. The Labute approximate surface area is 119 Å². The summed E-state index contributed by atoms with van der Waals surface area (Å²) in [6, 6.07) is 11.3. The lowest BCUT2D eigenvalue weighted by Crippen LogP contribution is -2.14. The van der Waals surface area contributed by atoms with E-state index in [1.165, 1.54) is 12.1 Å². The lowest BCUT2D eigenvalue weighted by atomic mass is 10.1. The number of ether oxygens (including phenoxy) is 2. The number of aromatic carboxylic acids is 1. The van der Waals surface area contributed by atoms with Crippen LogP contribution in [-0.2, 0) is 0 Å². The first-order valence-electron chi connectivity index (χ1n) is 6.18. The van der Waals surface area contributed by atoms with Gasteiger partial charge >= 0.3 is 5.97 Å². The Morgan fingerprint density at radius 2 is 1.71 bits per heavy atom. The SMILES string of the molecule is O=C(Nc1cc2c(cc1C(=O)O)OCO2)c1ccccc1. The molecule has 2 N–H and O–H groups in total. The highest BCUT2D eigenvalue weighted by molar-refractivity contribution is 6.08. The maximum absolute atomic E-state index is 12.1. The molecule has 106 valence electrons. The quantitative estimate of drug-likeness (QED) is 0.904. The lowest BCUT2D eigenvalue weighted by Gasteiger charge is -2.09. The van der Waals surface area contributed by atoms with E-state index < -0.39 is 11.9 Å². The number of rotatable bonds is 3. The van der Waals surface area contributed by atoms with Gasteiger partial charge in [-0.3, -0.25) is 4.79 Å². The van der Waals surface area contributed by atoms with Gasteiger partial charge in [-0.2, -0.15) is 0 Å². The van der Waals surface area contributed by atoms with Gasteiger partial charge < -0.3 is 19.9 Å². The van der Waals surface area contributed by atoms with Crippen molar-refractivity contribution in [1.29, 1.82) is 0 Å². The molecule has 0 aromatic heterocycles. The number of carboxylic acid groups (broad SMARTS) is 1. The zero-order chi connectivity index (χ0) is 14.8. The molecule has 6 nitrogen and oxygen atoms in total. The topological polar surface area (TPSA) is 84.9 Å². The van der Waals surface area contributed by atoms with Crippen LogP contribution in [0.1, 0.15) is 20.7 Å². The molecule has 0 saturated heterocycles. The van der Waals surface area contributed by atoms with Gasteiger partial charge in [0.1, 0.15) is 0 Å². The van der Waals surface area contributed by atoms with Crippen molar-refractivity contribution in [1.82, 2.24) is 0 Å². The summed E-state index contributed by atoms with van der Waals surface area (Å²) in [7, 11) is 0. The van der Waals surface area contributed by atoms with E-state index in [4.69, 9.17) is 9.47 Å². The molecule has 1 aliphatic heterocycles. The van der Waals surface area contributed by atoms with E-state index >= 15 is 0 Å². The Kier molecular flexibility index (Phi) is 3.19. The van der Waals surface area contributed by atoms with Crippen LogP contribution in [0.5, 0.6) is 11.5 Å². The minimum atomic E-state index is -1.16. The minimum Gasteiger partial charge on any atom is -0.478 e. The van der Waals surface area contributed by atoms with Gasteiger partial charge in [0.15, 0.2) is 11.5 Å². The van der Waals surface area contributed by atoms with E-state index in [1.54, 1.807) is 30.3 Å². The summed E-state index contributed by atoms with van der Waals surface area (Å²) < 4.78 is 10.3. The van der Waals surface area contributed by atoms with Gasteiger partial charge in [0.25, 0.3) is 5.91 Å². The van der Waals surface area contributed by atoms with Gasteiger partial charge in [0.05, 0.1) is 11.3 Å². The third-order valence-electron chi connectivity index (χ3n) is 3.03. The summed E-state index contributed by atoms with van der Waals surface area (Å²) in [6.07, 6.45) is 0. The van der Waals surface area contributed by atoms with Gasteiger partial charge in [-0.15, -0.1) is 0 Å². The van der Waals surface area contributed by atoms with Gasteiger partial charge in [-0.1, -0.05) is 18.2 Å². The fourth-order valence-corrected chi connectivity index (χ4v) is 2.01. The van der Waals surface area contributed by atoms with E-state index in [2.05, 4.69) is 5.32 Å². The van der Waals surface area contributed by atoms with Crippen LogP contribution in [-0.4, -0.2) is 23.8 Å². The van der Waals surface area contributed by atoms with E-state index in [9.17, 15) is 14.7 Å². The highest BCUT2D eigenvalue weighted by Gasteiger charge is 2.21. The summed E-state index contributed by atoms with van der Waals surface area (Å²) in [6.45, 7) is 0.0322. The number of fused-ring (bicyclic) bond motifs is 1. The predicted octanol–water partition coefficient (Wildman–Crippen LogP) is 2.37. The molecule has 0 fully saturated rings. The monoisotopic (exact) mass is 285 g/mol.